The summed E-state index contributed by atoms with van der Waals surface area (Å²) in [5.41, 5.74) is 1.07. The predicted octanol–water partition coefficient (Wildman–Crippen LogP) is 3.72. The number of Topliss-reactive ketones (excluding diaryl/α,β-unsaturated/α-hetero) is 1. The van der Waals surface area contributed by atoms with Crippen LogP contribution >= 0.6 is 0 Å². The van der Waals surface area contributed by atoms with Gasteiger partial charge in [-0.05, 0) is 32.0 Å². The van der Waals surface area contributed by atoms with E-state index in [0.717, 1.165) is 6.07 Å². The van der Waals surface area contributed by atoms with Crippen molar-refractivity contribution < 1.29 is 13.6 Å². The van der Waals surface area contributed by atoms with Crippen LogP contribution in [-0.2, 0) is 0 Å². The lowest BCUT2D eigenvalue weighted by Gasteiger charge is -2.27. The first kappa shape index (κ1) is 15.5. The van der Waals surface area contributed by atoms with Gasteiger partial charge in [0.2, 0.25) is 0 Å². The lowest BCUT2D eigenvalue weighted by atomic mass is 9.85. The number of hydrogen-bond acceptors (Lipinski definition) is 4. The topological polar surface area (TPSA) is 55.2 Å². The SMILES string of the molecule is CC1(C)N=C(c2cc3ccc(F)c(F)c3nn2)c2ccccc2C1=O. The van der Waals surface area contributed by atoms with Crippen molar-refractivity contribution in [2.75, 3.05) is 0 Å². The first-order chi connectivity index (χ1) is 11.9. The second-order valence-corrected chi connectivity index (χ2v) is 6.42. The molecule has 6 heteroatoms. The molecule has 25 heavy (non-hydrogen) atoms. The number of hydrogen-bond donors (Lipinski definition) is 0. The van der Waals surface area contributed by atoms with E-state index in [4.69, 9.17) is 0 Å². The summed E-state index contributed by atoms with van der Waals surface area (Å²) in [6.07, 6.45) is 0. The Morgan fingerprint density at radius 2 is 1.68 bits per heavy atom. The molecule has 0 unspecified atom stereocenters. The molecule has 0 radical (unpaired) electrons. The number of aromatic nitrogens is 2. The molecule has 2 aromatic carbocycles. The number of carbonyl (C=O) groups is 1. The van der Waals surface area contributed by atoms with Gasteiger partial charge in [0.1, 0.15) is 16.7 Å². The fraction of sp³-hybridized carbons (Fsp3) is 0.158. The molecule has 0 amide bonds. The highest BCUT2D eigenvalue weighted by molar-refractivity contribution is 6.23. The van der Waals surface area contributed by atoms with E-state index in [1.54, 1.807) is 38.1 Å². The van der Waals surface area contributed by atoms with Gasteiger partial charge in [0.25, 0.3) is 0 Å². The quantitative estimate of drug-likeness (QED) is 0.680. The molecule has 3 aromatic rings. The monoisotopic (exact) mass is 337 g/mol. The highest BCUT2D eigenvalue weighted by atomic mass is 19.2. The first-order valence-corrected chi connectivity index (χ1v) is 7.74. The normalized spacial score (nSPS) is 15.8. The van der Waals surface area contributed by atoms with E-state index in [0.29, 0.717) is 27.9 Å². The summed E-state index contributed by atoms with van der Waals surface area (Å²) < 4.78 is 27.2. The first-order valence-electron chi connectivity index (χ1n) is 7.74. The molecule has 0 fully saturated rings. The van der Waals surface area contributed by atoms with Gasteiger partial charge in [0.15, 0.2) is 17.4 Å². The number of halogens is 2. The van der Waals surface area contributed by atoms with Crippen LogP contribution in [0.1, 0.15) is 35.5 Å². The zero-order chi connectivity index (χ0) is 17.8. The Morgan fingerprint density at radius 1 is 0.960 bits per heavy atom. The standard InChI is InChI=1S/C19H13F2N3O/c1-19(2)18(25)12-6-4-3-5-11(12)17(22-19)14-9-10-7-8-13(20)15(21)16(10)24-23-14/h3-9H,1-2H3. The van der Waals surface area contributed by atoms with Crippen LogP contribution in [0.25, 0.3) is 10.9 Å². The number of nitrogens with zero attached hydrogens (tertiary/aromatic N) is 3. The van der Waals surface area contributed by atoms with E-state index in [-0.39, 0.29) is 11.3 Å². The molecule has 0 spiro atoms. The van der Waals surface area contributed by atoms with Gasteiger partial charge in [-0.25, -0.2) is 8.78 Å². The van der Waals surface area contributed by atoms with E-state index >= 15 is 0 Å². The predicted molar refractivity (Wildman–Crippen MR) is 89.9 cm³/mol. The lowest BCUT2D eigenvalue weighted by molar-refractivity contribution is 0.0912. The Hall–Kier alpha value is -3.02. The van der Waals surface area contributed by atoms with Crippen LogP contribution in [0.5, 0.6) is 0 Å². The van der Waals surface area contributed by atoms with Crippen LogP contribution in [0.2, 0.25) is 0 Å². The summed E-state index contributed by atoms with van der Waals surface area (Å²) in [5, 5.41) is 8.26. The Balaban J connectivity index is 1.96. The number of benzene rings is 2. The van der Waals surface area contributed by atoms with Crippen molar-refractivity contribution in [2.24, 2.45) is 4.99 Å². The minimum absolute atomic E-state index is 0.0753. The highest BCUT2D eigenvalue weighted by Crippen LogP contribution is 2.29. The molecular weight excluding hydrogens is 324 g/mol. The third kappa shape index (κ3) is 2.33. The number of rotatable bonds is 1. The number of aliphatic imine (C=N–C) groups is 1. The zero-order valence-electron chi connectivity index (χ0n) is 13.5. The molecule has 0 saturated carbocycles. The van der Waals surface area contributed by atoms with Gasteiger partial charge in [-0.2, -0.15) is 0 Å². The van der Waals surface area contributed by atoms with Gasteiger partial charge in [-0.3, -0.25) is 9.79 Å². The maximum atomic E-state index is 13.8. The zero-order valence-corrected chi connectivity index (χ0v) is 13.5. The minimum atomic E-state index is -1.03. The van der Waals surface area contributed by atoms with Crippen molar-refractivity contribution in [3.05, 3.63) is 70.9 Å². The van der Waals surface area contributed by atoms with Crippen molar-refractivity contribution in [1.82, 2.24) is 10.2 Å². The maximum Gasteiger partial charge on any atom is 0.190 e. The molecule has 0 N–H and O–H groups in total. The largest absolute Gasteiger partial charge is 0.291 e. The lowest BCUT2D eigenvalue weighted by Crippen LogP contribution is -2.36. The molecule has 1 aromatic heterocycles. The fourth-order valence-corrected chi connectivity index (χ4v) is 2.97. The van der Waals surface area contributed by atoms with E-state index in [1.807, 2.05) is 6.07 Å². The third-order valence-electron chi connectivity index (χ3n) is 4.27. The molecule has 124 valence electrons. The number of fused-ring (bicyclic) bond motifs is 2. The van der Waals surface area contributed by atoms with E-state index in [9.17, 15) is 13.6 Å². The Kier molecular flexibility index (Phi) is 3.25. The molecule has 0 saturated heterocycles. The van der Waals surface area contributed by atoms with Crippen molar-refractivity contribution >= 4 is 22.4 Å². The van der Waals surface area contributed by atoms with Crippen molar-refractivity contribution in [2.45, 2.75) is 19.4 Å². The molecule has 4 nitrogen and oxygen atoms in total. The maximum absolute atomic E-state index is 13.8. The second kappa shape index (κ2) is 5.24. The molecule has 1 aliphatic rings. The summed E-state index contributed by atoms with van der Waals surface area (Å²) in [4.78, 5) is 17.1. The van der Waals surface area contributed by atoms with E-state index in [2.05, 4.69) is 15.2 Å². The van der Waals surface area contributed by atoms with E-state index < -0.39 is 17.2 Å². The fourth-order valence-electron chi connectivity index (χ4n) is 2.97. The summed E-state index contributed by atoms with van der Waals surface area (Å²) >= 11 is 0. The van der Waals surface area contributed by atoms with Crippen molar-refractivity contribution in [3.63, 3.8) is 0 Å². The van der Waals surface area contributed by atoms with E-state index in [1.165, 1.54) is 6.07 Å². The molecule has 0 aliphatic carbocycles. The molecule has 0 bridgehead atoms. The Morgan fingerprint density at radius 3 is 2.44 bits per heavy atom. The number of ketones is 1. The summed E-state index contributed by atoms with van der Waals surface area (Å²) in [5.74, 6) is -2.08. The Labute approximate surface area is 142 Å². The molecule has 4 rings (SSSR count). The smallest absolute Gasteiger partial charge is 0.190 e. The molecular formula is C19H13F2N3O. The van der Waals surface area contributed by atoms with Gasteiger partial charge >= 0.3 is 0 Å². The van der Waals surface area contributed by atoms with Crippen LogP contribution in [0.3, 0.4) is 0 Å². The summed E-state index contributed by atoms with van der Waals surface area (Å²) in [7, 11) is 0. The summed E-state index contributed by atoms with van der Waals surface area (Å²) in [6, 6.07) is 11.2. The Bertz CT molecular complexity index is 1070. The van der Waals surface area contributed by atoms with Crippen LogP contribution in [-0.4, -0.2) is 27.2 Å². The molecule has 0 atom stereocenters. The van der Waals surface area contributed by atoms with Gasteiger partial charge in [0, 0.05) is 16.5 Å². The van der Waals surface area contributed by atoms with Gasteiger partial charge in [-0.15, -0.1) is 10.2 Å². The van der Waals surface area contributed by atoms with Crippen LogP contribution in [0.15, 0.2) is 47.5 Å². The average molecular weight is 337 g/mol. The third-order valence-corrected chi connectivity index (χ3v) is 4.27. The summed E-state index contributed by atoms with van der Waals surface area (Å²) in [6.45, 7) is 3.46. The molecule has 1 aliphatic heterocycles. The van der Waals surface area contributed by atoms with Crippen LogP contribution in [0, 0.1) is 11.6 Å². The number of carbonyl (C=O) groups excluding carboxylic acids is 1. The minimum Gasteiger partial charge on any atom is -0.291 e. The van der Waals surface area contributed by atoms with Crippen LogP contribution in [0.4, 0.5) is 8.78 Å². The van der Waals surface area contributed by atoms with Gasteiger partial charge in [0.05, 0.1) is 5.71 Å². The van der Waals surface area contributed by atoms with Crippen molar-refractivity contribution in [3.8, 4) is 0 Å². The average Bonchev–Trinajstić information content (AvgIpc) is 2.61. The molecule has 2 heterocycles. The van der Waals surface area contributed by atoms with Gasteiger partial charge in [-0.1, -0.05) is 24.3 Å². The van der Waals surface area contributed by atoms with Gasteiger partial charge < -0.3 is 0 Å². The highest BCUT2D eigenvalue weighted by Gasteiger charge is 2.36. The second-order valence-electron chi connectivity index (χ2n) is 6.42. The van der Waals surface area contributed by atoms with Crippen molar-refractivity contribution in [1.29, 1.82) is 0 Å². The van der Waals surface area contributed by atoms with Crippen LogP contribution < -0.4 is 0 Å².